The van der Waals surface area contributed by atoms with Crippen molar-refractivity contribution in [3.05, 3.63) is 35.1 Å². The molecule has 0 radical (unpaired) electrons. The minimum Gasteiger partial charge on any atom is -0.355 e. The number of halogens is 1. The number of hydrogen-bond donors (Lipinski definition) is 1. The molecule has 1 aromatic carbocycles. The molecule has 3 rings (SSSR count). The fraction of sp³-hybridized carbons (Fsp3) is 0.417. The van der Waals surface area contributed by atoms with E-state index < -0.39 is 0 Å². The number of fused-ring (bicyclic) bond motifs is 2. The molecule has 1 N–H and O–H groups in total. The van der Waals surface area contributed by atoms with Gasteiger partial charge in [-0.15, -0.1) is 0 Å². The maximum absolute atomic E-state index is 13.5. The van der Waals surface area contributed by atoms with Crippen LogP contribution in [0, 0.1) is 5.82 Å². The molecule has 0 bridgehead atoms. The Labute approximate surface area is 87.5 Å². The van der Waals surface area contributed by atoms with E-state index in [0.717, 1.165) is 24.0 Å². The van der Waals surface area contributed by atoms with E-state index in [-0.39, 0.29) is 17.1 Å². The lowest BCUT2D eigenvalue weighted by molar-refractivity contribution is -0.119. The quantitative estimate of drug-likeness (QED) is 0.683. The molecule has 1 amide bonds. The fourth-order valence-electron chi connectivity index (χ4n) is 2.88. The number of amides is 1. The van der Waals surface area contributed by atoms with E-state index in [1.807, 2.05) is 6.07 Å². The Morgan fingerprint density at radius 1 is 1.40 bits per heavy atom. The second-order valence-electron chi connectivity index (χ2n) is 4.50. The molecule has 15 heavy (non-hydrogen) atoms. The summed E-state index contributed by atoms with van der Waals surface area (Å²) in [4.78, 5) is 11.3. The van der Waals surface area contributed by atoms with Gasteiger partial charge in [-0.25, -0.2) is 4.39 Å². The zero-order valence-corrected chi connectivity index (χ0v) is 8.35. The smallest absolute Gasteiger partial charge is 0.220 e. The lowest BCUT2D eigenvalue weighted by atomic mass is 9.81. The minimum absolute atomic E-state index is 0.0899. The Balaban J connectivity index is 2.12. The molecule has 1 heterocycles. The van der Waals surface area contributed by atoms with Gasteiger partial charge in [0.05, 0.1) is 0 Å². The molecule has 2 nitrogen and oxygen atoms in total. The van der Waals surface area contributed by atoms with E-state index in [1.165, 1.54) is 6.07 Å². The Morgan fingerprint density at radius 3 is 3.00 bits per heavy atom. The van der Waals surface area contributed by atoms with Gasteiger partial charge >= 0.3 is 0 Å². The van der Waals surface area contributed by atoms with Crippen molar-refractivity contribution >= 4 is 5.91 Å². The molecular weight excluding hydrogens is 193 g/mol. The number of nitrogens with one attached hydrogen (secondary N) is 1. The molecule has 1 unspecified atom stereocenters. The van der Waals surface area contributed by atoms with Crippen LogP contribution in [-0.4, -0.2) is 12.5 Å². The normalized spacial score (nSPS) is 28.2. The number of carbonyl (C=O) groups is 1. The Bertz CT molecular complexity index is 443. The van der Waals surface area contributed by atoms with Crippen molar-refractivity contribution in [1.29, 1.82) is 0 Å². The molecule has 1 atom stereocenters. The van der Waals surface area contributed by atoms with Crippen LogP contribution in [0.15, 0.2) is 18.2 Å². The first kappa shape index (κ1) is 8.89. The Kier molecular flexibility index (Phi) is 1.67. The van der Waals surface area contributed by atoms with E-state index in [0.29, 0.717) is 13.0 Å². The predicted octanol–water partition coefficient (Wildman–Crippen LogP) is 1.53. The van der Waals surface area contributed by atoms with Crippen molar-refractivity contribution in [1.82, 2.24) is 5.32 Å². The van der Waals surface area contributed by atoms with Crippen molar-refractivity contribution in [2.24, 2.45) is 0 Å². The van der Waals surface area contributed by atoms with Gasteiger partial charge in [0, 0.05) is 18.4 Å². The largest absolute Gasteiger partial charge is 0.355 e. The van der Waals surface area contributed by atoms with Gasteiger partial charge in [0.15, 0.2) is 0 Å². The van der Waals surface area contributed by atoms with Crippen LogP contribution in [-0.2, 0) is 16.6 Å². The summed E-state index contributed by atoms with van der Waals surface area (Å²) in [5, 5.41) is 2.85. The minimum atomic E-state index is -0.122. The van der Waals surface area contributed by atoms with E-state index in [2.05, 4.69) is 5.32 Å². The molecule has 3 heteroatoms. The molecule has 1 fully saturated rings. The van der Waals surface area contributed by atoms with Gasteiger partial charge in [-0.2, -0.15) is 0 Å². The summed E-state index contributed by atoms with van der Waals surface area (Å²) in [7, 11) is 0. The maximum atomic E-state index is 13.5. The molecule has 1 aliphatic carbocycles. The monoisotopic (exact) mass is 205 g/mol. The topological polar surface area (TPSA) is 29.1 Å². The maximum Gasteiger partial charge on any atom is 0.220 e. The van der Waals surface area contributed by atoms with Crippen LogP contribution in [0.5, 0.6) is 0 Å². The third-order valence-electron chi connectivity index (χ3n) is 3.67. The number of carbonyl (C=O) groups excluding carboxylic acids is 1. The average Bonchev–Trinajstić information content (AvgIpc) is 2.75. The zero-order chi connectivity index (χ0) is 10.5. The number of rotatable bonds is 0. The van der Waals surface area contributed by atoms with Crippen LogP contribution in [0.4, 0.5) is 4.39 Å². The first-order chi connectivity index (χ1) is 7.21. The van der Waals surface area contributed by atoms with Gasteiger partial charge in [0.25, 0.3) is 0 Å². The molecule has 1 saturated heterocycles. The van der Waals surface area contributed by atoms with Gasteiger partial charge in [-0.05, 0) is 30.0 Å². The van der Waals surface area contributed by atoms with Crippen LogP contribution in [0.1, 0.15) is 24.0 Å². The van der Waals surface area contributed by atoms with Crippen molar-refractivity contribution in [2.75, 3.05) is 6.54 Å². The molecule has 1 aromatic rings. The van der Waals surface area contributed by atoms with Crippen LogP contribution in [0.3, 0.4) is 0 Å². The highest BCUT2D eigenvalue weighted by Gasteiger charge is 2.45. The molecule has 1 spiro atoms. The van der Waals surface area contributed by atoms with Crippen molar-refractivity contribution in [3.63, 3.8) is 0 Å². The van der Waals surface area contributed by atoms with Crippen LogP contribution in [0.2, 0.25) is 0 Å². The van der Waals surface area contributed by atoms with Crippen molar-refractivity contribution in [2.45, 2.75) is 24.7 Å². The molecule has 1 aliphatic heterocycles. The lowest BCUT2D eigenvalue weighted by Gasteiger charge is -2.21. The molecule has 78 valence electrons. The van der Waals surface area contributed by atoms with Gasteiger partial charge in [0.2, 0.25) is 5.91 Å². The highest BCUT2D eigenvalue weighted by molar-refractivity contribution is 5.81. The standard InChI is InChI=1S/C12H12FNO/c13-10-3-1-2-9-8(10)4-5-12(9)6-11(15)14-7-12/h1-3H,4-7H2,(H,14,15). The van der Waals surface area contributed by atoms with Crippen LogP contribution in [0.25, 0.3) is 0 Å². The Morgan fingerprint density at radius 2 is 2.27 bits per heavy atom. The average molecular weight is 205 g/mol. The zero-order valence-electron chi connectivity index (χ0n) is 8.35. The predicted molar refractivity (Wildman–Crippen MR) is 54.0 cm³/mol. The van der Waals surface area contributed by atoms with Crippen molar-refractivity contribution < 1.29 is 9.18 Å². The molecule has 0 saturated carbocycles. The van der Waals surface area contributed by atoms with E-state index in [4.69, 9.17) is 0 Å². The number of benzene rings is 1. The summed E-state index contributed by atoms with van der Waals surface area (Å²) < 4.78 is 13.5. The summed E-state index contributed by atoms with van der Waals surface area (Å²) in [6, 6.07) is 5.21. The fourth-order valence-corrected chi connectivity index (χ4v) is 2.88. The highest BCUT2D eigenvalue weighted by atomic mass is 19.1. The second kappa shape index (κ2) is 2.81. The highest BCUT2D eigenvalue weighted by Crippen LogP contribution is 2.44. The third kappa shape index (κ3) is 1.12. The van der Waals surface area contributed by atoms with Gasteiger partial charge in [0.1, 0.15) is 5.82 Å². The summed E-state index contributed by atoms with van der Waals surface area (Å²) in [6.45, 7) is 0.669. The summed E-state index contributed by atoms with van der Waals surface area (Å²) in [5.41, 5.74) is 1.74. The molecule has 2 aliphatic rings. The van der Waals surface area contributed by atoms with E-state index in [9.17, 15) is 9.18 Å². The summed E-state index contributed by atoms with van der Waals surface area (Å²) >= 11 is 0. The first-order valence-corrected chi connectivity index (χ1v) is 5.26. The Hall–Kier alpha value is -1.38. The van der Waals surface area contributed by atoms with E-state index >= 15 is 0 Å². The first-order valence-electron chi connectivity index (χ1n) is 5.26. The van der Waals surface area contributed by atoms with Gasteiger partial charge in [-0.1, -0.05) is 12.1 Å². The third-order valence-corrected chi connectivity index (χ3v) is 3.67. The summed E-state index contributed by atoms with van der Waals surface area (Å²) in [6.07, 6.45) is 2.17. The molecule has 0 aromatic heterocycles. The van der Waals surface area contributed by atoms with Crippen LogP contribution >= 0.6 is 0 Å². The van der Waals surface area contributed by atoms with E-state index in [1.54, 1.807) is 6.07 Å². The number of hydrogen-bond acceptors (Lipinski definition) is 1. The molecular formula is C12H12FNO. The lowest BCUT2D eigenvalue weighted by Crippen LogP contribution is -2.25. The van der Waals surface area contributed by atoms with Gasteiger partial charge < -0.3 is 5.32 Å². The van der Waals surface area contributed by atoms with Crippen LogP contribution < -0.4 is 5.32 Å². The van der Waals surface area contributed by atoms with Gasteiger partial charge in [-0.3, -0.25) is 4.79 Å². The summed E-state index contributed by atoms with van der Waals surface area (Å²) in [5.74, 6) is -0.0316. The second-order valence-corrected chi connectivity index (χ2v) is 4.50. The SMILES string of the molecule is O=C1CC2(CCc3c(F)cccc32)CN1. The van der Waals surface area contributed by atoms with Crippen molar-refractivity contribution in [3.8, 4) is 0 Å².